The van der Waals surface area contributed by atoms with Gasteiger partial charge in [-0.3, -0.25) is 14.5 Å². The molecule has 1 aliphatic rings. The number of nitrogens with zero attached hydrogens (tertiary/aromatic N) is 1. The van der Waals surface area contributed by atoms with E-state index in [0.717, 1.165) is 4.47 Å². The molecule has 4 aromatic rings. The number of furan rings is 1. The lowest BCUT2D eigenvalue weighted by Crippen LogP contribution is -2.31. The second-order valence-corrected chi connectivity index (χ2v) is 9.38. The Labute approximate surface area is 211 Å². The Morgan fingerprint density at radius 1 is 0.941 bits per heavy atom. The highest BCUT2D eigenvalue weighted by Crippen LogP contribution is 2.43. The average Bonchev–Trinajstić information content (AvgIpc) is 3.34. The van der Waals surface area contributed by atoms with Gasteiger partial charge in [0.1, 0.15) is 11.3 Å². The topological polar surface area (TPSA) is 91.0 Å². The summed E-state index contributed by atoms with van der Waals surface area (Å²) in [5, 5.41) is 21.8. The van der Waals surface area contributed by atoms with Crippen molar-refractivity contribution < 1.29 is 24.2 Å². The number of benzene rings is 3. The fourth-order valence-corrected chi connectivity index (χ4v) is 4.64. The molecule has 0 saturated heterocycles. The first-order valence-corrected chi connectivity index (χ1v) is 11.5. The summed E-state index contributed by atoms with van der Waals surface area (Å²) in [6.45, 7) is 0. The molecular weight excluding hydrogens is 545 g/mol. The SMILES string of the molecule is O=C(C1=C(O)C(=O)N(c2ccc(Cl)c(Cl)c2)C1c1ccc(O)cc1)c1cc2cc(Br)ccc2o1. The third-order valence-electron chi connectivity index (χ3n) is 5.55. The van der Waals surface area contributed by atoms with E-state index in [1.165, 1.54) is 29.2 Å². The van der Waals surface area contributed by atoms with E-state index in [1.54, 1.807) is 42.5 Å². The van der Waals surface area contributed by atoms with Gasteiger partial charge in [0.2, 0.25) is 5.78 Å². The van der Waals surface area contributed by atoms with Gasteiger partial charge in [-0.2, -0.15) is 0 Å². The van der Waals surface area contributed by atoms with Crippen LogP contribution in [0.5, 0.6) is 5.75 Å². The summed E-state index contributed by atoms with van der Waals surface area (Å²) in [4.78, 5) is 28.1. The largest absolute Gasteiger partial charge is 0.508 e. The summed E-state index contributed by atoms with van der Waals surface area (Å²) < 4.78 is 6.55. The number of halogens is 3. The van der Waals surface area contributed by atoms with Gasteiger partial charge in [0.25, 0.3) is 5.91 Å². The number of aliphatic hydroxyl groups excluding tert-OH is 1. The van der Waals surface area contributed by atoms with Gasteiger partial charge in [0.05, 0.1) is 21.7 Å². The molecule has 0 aliphatic carbocycles. The molecule has 0 fully saturated rings. The molecule has 0 spiro atoms. The van der Waals surface area contributed by atoms with Gasteiger partial charge < -0.3 is 14.6 Å². The molecule has 0 saturated carbocycles. The molecule has 1 atom stereocenters. The van der Waals surface area contributed by atoms with Crippen LogP contribution in [0.15, 0.2) is 87.0 Å². The first kappa shape index (κ1) is 22.5. The number of ketones is 1. The summed E-state index contributed by atoms with van der Waals surface area (Å²) in [5.41, 5.74) is 1.15. The van der Waals surface area contributed by atoms with Crippen LogP contribution in [0.25, 0.3) is 11.0 Å². The number of phenolic OH excluding ortho intramolecular Hbond substituents is 1. The Morgan fingerprint density at radius 3 is 2.38 bits per heavy atom. The van der Waals surface area contributed by atoms with Crippen molar-refractivity contribution in [1.82, 2.24) is 0 Å². The summed E-state index contributed by atoms with van der Waals surface area (Å²) in [6, 6.07) is 16.4. The maximum Gasteiger partial charge on any atom is 0.294 e. The van der Waals surface area contributed by atoms with E-state index in [0.29, 0.717) is 27.2 Å². The molecule has 3 aromatic carbocycles. The maximum atomic E-state index is 13.6. The minimum atomic E-state index is -1.00. The molecule has 1 amide bonds. The molecule has 1 aromatic heterocycles. The second kappa shape index (κ2) is 8.51. The first-order valence-electron chi connectivity index (χ1n) is 9.99. The summed E-state index contributed by atoms with van der Waals surface area (Å²) in [7, 11) is 0. The fourth-order valence-electron chi connectivity index (χ4n) is 3.97. The monoisotopic (exact) mass is 557 g/mol. The summed E-state index contributed by atoms with van der Waals surface area (Å²) in [6.07, 6.45) is 0. The van der Waals surface area contributed by atoms with E-state index in [2.05, 4.69) is 15.9 Å². The highest BCUT2D eigenvalue weighted by Gasteiger charge is 2.45. The molecule has 5 rings (SSSR count). The van der Waals surface area contributed by atoms with Gasteiger partial charge in [-0.05, 0) is 60.2 Å². The summed E-state index contributed by atoms with van der Waals surface area (Å²) >= 11 is 15.6. The van der Waals surface area contributed by atoms with Crippen LogP contribution in [0.1, 0.15) is 22.2 Å². The number of hydrogen-bond acceptors (Lipinski definition) is 5. The lowest BCUT2D eigenvalue weighted by molar-refractivity contribution is -0.117. The molecule has 34 heavy (non-hydrogen) atoms. The molecular formula is C25H14BrCl2NO5. The van der Waals surface area contributed by atoms with Gasteiger partial charge >= 0.3 is 0 Å². The van der Waals surface area contributed by atoms with E-state index in [9.17, 15) is 19.8 Å². The number of Topliss-reactive ketones (excluding diaryl/α,β-unsaturated/α-hetero) is 1. The van der Waals surface area contributed by atoms with Crippen LogP contribution in [0.3, 0.4) is 0 Å². The standard InChI is InChI=1S/C25H14BrCl2NO5/c26-14-3-8-19-13(9-14)10-20(34-19)23(31)21-22(12-1-5-16(30)6-2-12)29(25(33)24(21)32)15-4-7-17(27)18(28)11-15/h1-11,22,30,32H. The average molecular weight is 559 g/mol. The number of carbonyl (C=O) groups excluding carboxylic acids is 2. The molecule has 2 N–H and O–H groups in total. The lowest BCUT2D eigenvalue weighted by Gasteiger charge is -2.27. The van der Waals surface area contributed by atoms with Gasteiger partial charge in [-0.25, -0.2) is 0 Å². The third kappa shape index (κ3) is 3.76. The number of fused-ring (bicyclic) bond motifs is 1. The van der Waals surface area contributed by atoms with Crippen LogP contribution in [0.4, 0.5) is 5.69 Å². The molecule has 2 heterocycles. The maximum absolute atomic E-state index is 13.6. The third-order valence-corrected chi connectivity index (χ3v) is 6.78. The molecule has 1 unspecified atom stereocenters. The zero-order chi connectivity index (χ0) is 24.1. The van der Waals surface area contributed by atoms with Crippen molar-refractivity contribution in [2.75, 3.05) is 4.90 Å². The first-order chi connectivity index (χ1) is 16.2. The Hall–Kier alpha value is -3.26. The highest BCUT2D eigenvalue weighted by atomic mass is 79.9. The smallest absolute Gasteiger partial charge is 0.294 e. The predicted octanol–water partition coefficient (Wildman–Crippen LogP) is 6.99. The van der Waals surface area contributed by atoms with Gasteiger partial charge in [-0.1, -0.05) is 51.3 Å². The van der Waals surface area contributed by atoms with Crippen molar-refractivity contribution in [3.8, 4) is 5.75 Å². The quantitative estimate of drug-likeness (QED) is 0.263. The van der Waals surface area contributed by atoms with E-state index in [1.807, 2.05) is 0 Å². The zero-order valence-corrected chi connectivity index (χ0v) is 20.2. The van der Waals surface area contributed by atoms with Gasteiger partial charge in [0.15, 0.2) is 11.5 Å². The second-order valence-electron chi connectivity index (χ2n) is 7.65. The molecule has 6 nitrogen and oxygen atoms in total. The normalized spacial score (nSPS) is 16.0. The number of anilines is 1. The van der Waals surface area contributed by atoms with E-state index >= 15 is 0 Å². The van der Waals surface area contributed by atoms with Crippen LogP contribution in [0.2, 0.25) is 10.0 Å². The van der Waals surface area contributed by atoms with Crippen molar-refractivity contribution in [3.63, 3.8) is 0 Å². The molecule has 170 valence electrons. The fraction of sp³-hybridized carbons (Fsp3) is 0.0400. The van der Waals surface area contributed by atoms with Crippen LogP contribution in [-0.2, 0) is 4.79 Å². The van der Waals surface area contributed by atoms with E-state index in [-0.39, 0.29) is 22.1 Å². The number of aromatic hydroxyl groups is 1. The minimum Gasteiger partial charge on any atom is -0.508 e. The highest BCUT2D eigenvalue weighted by molar-refractivity contribution is 9.10. The number of amides is 1. The van der Waals surface area contributed by atoms with E-state index < -0.39 is 23.5 Å². The molecule has 0 bridgehead atoms. The van der Waals surface area contributed by atoms with Crippen LogP contribution < -0.4 is 4.90 Å². The number of aliphatic hydroxyl groups is 1. The molecule has 0 radical (unpaired) electrons. The summed E-state index contributed by atoms with van der Waals surface area (Å²) in [5.74, 6) is -2.13. The predicted molar refractivity (Wildman–Crippen MR) is 133 cm³/mol. The van der Waals surface area contributed by atoms with Crippen LogP contribution in [-0.4, -0.2) is 21.9 Å². The van der Waals surface area contributed by atoms with Crippen molar-refractivity contribution in [3.05, 3.63) is 104 Å². The minimum absolute atomic E-state index is 0.0121. The zero-order valence-electron chi connectivity index (χ0n) is 17.1. The Morgan fingerprint density at radius 2 is 1.68 bits per heavy atom. The van der Waals surface area contributed by atoms with Gasteiger partial charge in [-0.15, -0.1) is 0 Å². The molecule has 9 heteroatoms. The van der Waals surface area contributed by atoms with Crippen LogP contribution in [0, 0.1) is 0 Å². The van der Waals surface area contributed by atoms with Crippen LogP contribution >= 0.6 is 39.1 Å². The Bertz CT molecular complexity index is 1510. The van der Waals surface area contributed by atoms with Crippen molar-refractivity contribution in [1.29, 1.82) is 0 Å². The number of phenols is 1. The van der Waals surface area contributed by atoms with Crippen molar-refractivity contribution >= 4 is 67.5 Å². The van der Waals surface area contributed by atoms with Crippen molar-refractivity contribution in [2.45, 2.75) is 6.04 Å². The Kier molecular flexibility index (Phi) is 5.64. The number of hydrogen-bond donors (Lipinski definition) is 2. The molecule has 1 aliphatic heterocycles. The van der Waals surface area contributed by atoms with E-state index in [4.69, 9.17) is 27.6 Å². The number of carbonyl (C=O) groups is 2. The van der Waals surface area contributed by atoms with Gasteiger partial charge in [0, 0.05) is 15.5 Å². The lowest BCUT2D eigenvalue weighted by atomic mass is 9.94. The van der Waals surface area contributed by atoms with Crippen molar-refractivity contribution in [2.24, 2.45) is 0 Å². The Balaban J connectivity index is 1.66. The number of rotatable bonds is 4.